The van der Waals surface area contributed by atoms with Crippen LogP contribution in [0.1, 0.15) is 26.3 Å². The lowest BCUT2D eigenvalue weighted by Gasteiger charge is -2.25. The lowest BCUT2D eigenvalue weighted by molar-refractivity contribution is 0.542. The molecule has 0 saturated heterocycles. The van der Waals surface area contributed by atoms with Gasteiger partial charge in [0.1, 0.15) is 4.75 Å². The Morgan fingerprint density at radius 3 is 2.25 bits per heavy atom. The zero-order valence-corrected chi connectivity index (χ0v) is 13.5. The maximum atomic E-state index is 12.3. The van der Waals surface area contributed by atoms with Crippen LogP contribution in [0.5, 0.6) is 0 Å². The van der Waals surface area contributed by atoms with Crippen LogP contribution in [0.25, 0.3) is 11.1 Å². The lowest BCUT2D eigenvalue weighted by atomic mass is 9.99. The molecule has 0 fully saturated rings. The van der Waals surface area contributed by atoms with E-state index in [4.69, 9.17) is 0 Å². The van der Waals surface area contributed by atoms with Crippen LogP contribution < -0.4 is 4.72 Å². The first-order chi connectivity index (χ1) is 9.38. The molecule has 2 rings (SSSR count). The van der Waals surface area contributed by atoms with Gasteiger partial charge in [-0.2, -0.15) is 11.3 Å². The van der Waals surface area contributed by atoms with Crippen LogP contribution in [0.15, 0.2) is 41.1 Å². The number of thiophene rings is 1. The molecule has 5 heteroatoms. The minimum absolute atomic E-state index is 0.402. The first kappa shape index (κ1) is 15.2. The highest BCUT2D eigenvalue weighted by Gasteiger charge is 2.35. The molecule has 1 aromatic heterocycles. The molecule has 1 heterocycles. The maximum Gasteiger partial charge on any atom is 0.220 e. The predicted molar refractivity (Wildman–Crippen MR) is 85.4 cm³/mol. The van der Waals surface area contributed by atoms with Gasteiger partial charge in [-0.1, -0.05) is 31.2 Å². The summed E-state index contributed by atoms with van der Waals surface area (Å²) in [4.78, 5) is 0. The van der Waals surface area contributed by atoms with Crippen molar-refractivity contribution in [2.45, 2.75) is 25.5 Å². The van der Waals surface area contributed by atoms with E-state index in [2.05, 4.69) is 16.2 Å². The first-order valence-electron chi connectivity index (χ1n) is 6.51. The molecule has 0 saturated carbocycles. The summed E-state index contributed by atoms with van der Waals surface area (Å²) in [5.41, 5.74) is 3.05. The molecule has 2 aromatic rings. The molecular formula is C15H19NO2S2. The SMILES string of the molecule is CCNS(=O)(=O)C(C)(C)c1ccc(-c2ccsc2)cc1. The molecule has 108 valence electrons. The fraction of sp³-hybridized carbons (Fsp3) is 0.333. The van der Waals surface area contributed by atoms with E-state index < -0.39 is 14.8 Å². The van der Waals surface area contributed by atoms with E-state index >= 15 is 0 Å². The molecule has 3 nitrogen and oxygen atoms in total. The third-order valence-electron chi connectivity index (χ3n) is 3.44. The van der Waals surface area contributed by atoms with E-state index in [0.717, 1.165) is 16.7 Å². The number of sulfonamides is 1. The van der Waals surface area contributed by atoms with Crippen molar-refractivity contribution in [3.63, 3.8) is 0 Å². The molecule has 1 aromatic carbocycles. The summed E-state index contributed by atoms with van der Waals surface area (Å²) in [6, 6.07) is 9.78. The minimum atomic E-state index is -3.38. The topological polar surface area (TPSA) is 46.2 Å². The molecule has 20 heavy (non-hydrogen) atoms. The van der Waals surface area contributed by atoms with Crippen molar-refractivity contribution in [3.8, 4) is 11.1 Å². The number of benzene rings is 1. The Bertz CT molecular complexity index is 656. The Balaban J connectivity index is 2.34. The first-order valence-corrected chi connectivity index (χ1v) is 8.93. The van der Waals surface area contributed by atoms with Crippen molar-refractivity contribution in [2.75, 3.05) is 6.54 Å². The number of hydrogen-bond donors (Lipinski definition) is 1. The van der Waals surface area contributed by atoms with E-state index in [9.17, 15) is 8.42 Å². The highest BCUT2D eigenvalue weighted by atomic mass is 32.2. The molecule has 0 unspecified atom stereocenters. The van der Waals surface area contributed by atoms with Gasteiger partial charge in [0.25, 0.3) is 0 Å². The van der Waals surface area contributed by atoms with Gasteiger partial charge in [-0.25, -0.2) is 13.1 Å². The molecule has 0 aliphatic rings. The van der Waals surface area contributed by atoms with Gasteiger partial charge in [-0.15, -0.1) is 0 Å². The standard InChI is InChI=1S/C15H19NO2S2/c1-4-16-20(17,18)15(2,3)14-7-5-12(6-8-14)13-9-10-19-11-13/h5-11,16H,4H2,1-3H3. The summed E-state index contributed by atoms with van der Waals surface area (Å²) in [5, 5.41) is 4.11. The zero-order valence-electron chi connectivity index (χ0n) is 11.9. The van der Waals surface area contributed by atoms with Gasteiger partial charge in [-0.3, -0.25) is 0 Å². The van der Waals surface area contributed by atoms with Gasteiger partial charge in [0.15, 0.2) is 0 Å². The largest absolute Gasteiger partial charge is 0.220 e. The fourth-order valence-electron chi connectivity index (χ4n) is 2.02. The molecule has 0 aliphatic heterocycles. The molecule has 0 radical (unpaired) electrons. The van der Waals surface area contributed by atoms with Crippen molar-refractivity contribution in [3.05, 3.63) is 46.7 Å². The summed E-state index contributed by atoms with van der Waals surface area (Å²) in [6.45, 7) is 5.64. The molecule has 0 amide bonds. The van der Waals surface area contributed by atoms with Crippen LogP contribution in [-0.4, -0.2) is 15.0 Å². The third kappa shape index (κ3) is 2.80. The summed E-state index contributed by atoms with van der Waals surface area (Å²) in [7, 11) is -3.38. The van der Waals surface area contributed by atoms with Gasteiger partial charge < -0.3 is 0 Å². The van der Waals surface area contributed by atoms with Crippen LogP contribution in [-0.2, 0) is 14.8 Å². The van der Waals surface area contributed by atoms with Gasteiger partial charge in [0.05, 0.1) is 0 Å². The molecule has 0 bridgehead atoms. The Labute approximate surface area is 124 Å². The monoisotopic (exact) mass is 309 g/mol. The zero-order chi connectivity index (χ0) is 14.8. The molecular weight excluding hydrogens is 290 g/mol. The predicted octanol–water partition coefficient (Wildman–Crippen LogP) is 3.59. The van der Waals surface area contributed by atoms with Crippen molar-refractivity contribution in [2.24, 2.45) is 0 Å². The summed E-state index contributed by atoms with van der Waals surface area (Å²) >= 11 is 1.65. The average molecular weight is 309 g/mol. The summed E-state index contributed by atoms with van der Waals surface area (Å²) in [5.74, 6) is 0. The Morgan fingerprint density at radius 2 is 1.75 bits per heavy atom. The van der Waals surface area contributed by atoms with Crippen molar-refractivity contribution in [1.82, 2.24) is 4.72 Å². The molecule has 0 atom stereocenters. The smallest absolute Gasteiger partial charge is 0.215 e. The summed E-state index contributed by atoms with van der Waals surface area (Å²) < 4.78 is 26.1. The van der Waals surface area contributed by atoms with E-state index in [1.807, 2.05) is 29.6 Å². The average Bonchev–Trinajstić information content (AvgIpc) is 2.92. The summed E-state index contributed by atoms with van der Waals surface area (Å²) in [6.07, 6.45) is 0. The van der Waals surface area contributed by atoms with Gasteiger partial charge in [-0.05, 0) is 47.4 Å². The van der Waals surface area contributed by atoms with E-state index in [1.54, 1.807) is 32.1 Å². The Morgan fingerprint density at radius 1 is 1.10 bits per heavy atom. The Kier molecular flexibility index (Phi) is 4.32. The lowest BCUT2D eigenvalue weighted by Crippen LogP contribution is -2.39. The highest BCUT2D eigenvalue weighted by Crippen LogP contribution is 2.31. The van der Waals surface area contributed by atoms with E-state index in [1.165, 1.54) is 0 Å². The van der Waals surface area contributed by atoms with Gasteiger partial charge in [0, 0.05) is 6.54 Å². The van der Waals surface area contributed by atoms with E-state index in [-0.39, 0.29) is 0 Å². The van der Waals surface area contributed by atoms with Crippen molar-refractivity contribution in [1.29, 1.82) is 0 Å². The molecule has 0 spiro atoms. The van der Waals surface area contributed by atoms with Crippen molar-refractivity contribution < 1.29 is 8.42 Å². The molecule has 0 aliphatic carbocycles. The maximum absolute atomic E-state index is 12.3. The van der Waals surface area contributed by atoms with Crippen LogP contribution >= 0.6 is 11.3 Å². The van der Waals surface area contributed by atoms with Crippen LogP contribution in [0.2, 0.25) is 0 Å². The number of hydrogen-bond acceptors (Lipinski definition) is 3. The number of rotatable bonds is 5. The van der Waals surface area contributed by atoms with Crippen LogP contribution in [0.4, 0.5) is 0 Å². The molecule has 1 N–H and O–H groups in total. The van der Waals surface area contributed by atoms with Gasteiger partial charge in [0.2, 0.25) is 10.0 Å². The Hall–Kier alpha value is -1.17. The highest BCUT2D eigenvalue weighted by molar-refractivity contribution is 7.90. The minimum Gasteiger partial charge on any atom is -0.215 e. The second-order valence-corrected chi connectivity index (χ2v) is 8.20. The van der Waals surface area contributed by atoms with E-state index in [0.29, 0.717) is 6.54 Å². The van der Waals surface area contributed by atoms with Crippen LogP contribution in [0, 0.1) is 0 Å². The second kappa shape index (κ2) is 5.68. The quantitative estimate of drug-likeness (QED) is 0.917. The van der Waals surface area contributed by atoms with Crippen LogP contribution in [0.3, 0.4) is 0 Å². The number of nitrogens with one attached hydrogen (secondary N) is 1. The normalized spacial score (nSPS) is 12.6. The van der Waals surface area contributed by atoms with Gasteiger partial charge >= 0.3 is 0 Å². The van der Waals surface area contributed by atoms with Crippen molar-refractivity contribution >= 4 is 21.4 Å². The third-order valence-corrected chi connectivity index (χ3v) is 6.37. The second-order valence-electron chi connectivity index (χ2n) is 5.10. The fourth-order valence-corrected chi connectivity index (χ4v) is 3.87.